The van der Waals surface area contributed by atoms with Gasteiger partial charge in [0.1, 0.15) is 5.75 Å². The molecule has 1 heterocycles. The molecule has 0 atom stereocenters. The van der Waals surface area contributed by atoms with Gasteiger partial charge in [0.05, 0.1) is 18.8 Å². The molecule has 0 amide bonds. The molecule has 1 aliphatic rings. The lowest BCUT2D eigenvalue weighted by atomic mass is 10.2. The Labute approximate surface area is 84.5 Å². The summed E-state index contributed by atoms with van der Waals surface area (Å²) in [6, 6.07) is 8.04. The highest BCUT2D eigenvalue weighted by atomic mass is 16.5. The molecule has 2 heteroatoms. The first kappa shape index (κ1) is 8.96. The summed E-state index contributed by atoms with van der Waals surface area (Å²) in [6.45, 7) is 2.40. The Balaban J connectivity index is 2.33. The molecule has 0 aliphatic carbocycles. The second-order valence-corrected chi connectivity index (χ2v) is 3.30. The van der Waals surface area contributed by atoms with Crippen LogP contribution in [0.15, 0.2) is 24.3 Å². The minimum atomic E-state index is 0.653. The van der Waals surface area contributed by atoms with Gasteiger partial charge in [-0.15, -0.1) is 6.42 Å². The van der Waals surface area contributed by atoms with Crippen molar-refractivity contribution in [3.8, 4) is 18.1 Å². The fourth-order valence-corrected chi connectivity index (χ4v) is 1.67. The fourth-order valence-electron chi connectivity index (χ4n) is 1.67. The van der Waals surface area contributed by atoms with Crippen molar-refractivity contribution in [2.24, 2.45) is 0 Å². The minimum Gasteiger partial charge on any atom is -0.491 e. The van der Waals surface area contributed by atoms with Crippen molar-refractivity contribution < 1.29 is 4.74 Å². The summed E-state index contributed by atoms with van der Waals surface area (Å²) in [5, 5.41) is 0. The van der Waals surface area contributed by atoms with Crippen molar-refractivity contribution in [2.45, 2.75) is 6.42 Å². The van der Waals surface area contributed by atoms with Crippen molar-refractivity contribution in [1.82, 2.24) is 0 Å². The lowest BCUT2D eigenvalue weighted by Gasteiger charge is -2.20. The standard InChI is InChI=1S/C12H13NO/c1-2-8-13-9-5-10-14-12-7-4-3-6-11(12)13/h1,3-4,6-7H,5,8-10H2. The Hall–Kier alpha value is -1.62. The summed E-state index contributed by atoms with van der Waals surface area (Å²) in [6.07, 6.45) is 6.36. The number of para-hydroxylation sites is 2. The number of rotatable bonds is 1. The molecule has 1 aromatic carbocycles. The largest absolute Gasteiger partial charge is 0.491 e. The average Bonchev–Trinajstić information content (AvgIpc) is 2.42. The predicted molar refractivity (Wildman–Crippen MR) is 57.6 cm³/mol. The van der Waals surface area contributed by atoms with Crippen molar-refractivity contribution >= 4 is 5.69 Å². The second kappa shape index (κ2) is 4.06. The normalized spacial score (nSPS) is 14.9. The average molecular weight is 187 g/mol. The minimum absolute atomic E-state index is 0.653. The van der Waals surface area contributed by atoms with Gasteiger partial charge >= 0.3 is 0 Å². The van der Waals surface area contributed by atoms with Crippen LogP contribution in [0.5, 0.6) is 5.75 Å². The Morgan fingerprint density at radius 3 is 3.14 bits per heavy atom. The molecule has 2 nitrogen and oxygen atoms in total. The fraction of sp³-hybridized carbons (Fsp3) is 0.333. The van der Waals surface area contributed by atoms with Gasteiger partial charge in [-0.05, 0) is 18.6 Å². The number of ether oxygens (including phenoxy) is 1. The first-order valence-electron chi connectivity index (χ1n) is 4.82. The monoisotopic (exact) mass is 187 g/mol. The third-order valence-electron chi connectivity index (χ3n) is 2.32. The van der Waals surface area contributed by atoms with Crippen LogP contribution >= 0.6 is 0 Å². The van der Waals surface area contributed by atoms with Gasteiger partial charge in [0, 0.05) is 6.54 Å². The number of fused-ring (bicyclic) bond motifs is 1. The molecule has 0 radical (unpaired) electrons. The molecule has 0 bridgehead atoms. The lowest BCUT2D eigenvalue weighted by Crippen LogP contribution is -2.23. The quantitative estimate of drug-likeness (QED) is 0.623. The molecule has 14 heavy (non-hydrogen) atoms. The van der Waals surface area contributed by atoms with Crippen molar-refractivity contribution in [2.75, 3.05) is 24.6 Å². The zero-order valence-electron chi connectivity index (χ0n) is 8.07. The zero-order valence-corrected chi connectivity index (χ0v) is 8.07. The van der Waals surface area contributed by atoms with Crippen LogP contribution in [-0.2, 0) is 0 Å². The number of hydrogen-bond acceptors (Lipinski definition) is 2. The molecule has 1 aromatic rings. The van der Waals surface area contributed by atoms with Crippen LogP contribution < -0.4 is 9.64 Å². The van der Waals surface area contributed by atoms with Crippen LogP contribution in [0.25, 0.3) is 0 Å². The highest BCUT2D eigenvalue weighted by Crippen LogP contribution is 2.29. The molecule has 0 saturated heterocycles. The third-order valence-corrected chi connectivity index (χ3v) is 2.32. The summed E-state index contributed by atoms with van der Waals surface area (Å²) in [5.74, 6) is 3.62. The molecular formula is C12H13NO. The van der Waals surface area contributed by atoms with Crippen molar-refractivity contribution in [3.05, 3.63) is 24.3 Å². The third kappa shape index (κ3) is 1.67. The summed E-state index contributed by atoms with van der Waals surface area (Å²) in [7, 11) is 0. The molecule has 0 unspecified atom stereocenters. The van der Waals surface area contributed by atoms with Crippen molar-refractivity contribution in [1.29, 1.82) is 0 Å². The van der Waals surface area contributed by atoms with Gasteiger partial charge in [-0.25, -0.2) is 0 Å². The maximum Gasteiger partial charge on any atom is 0.142 e. The molecule has 1 aliphatic heterocycles. The maximum atomic E-state index is 5.61. The zero-order chi connectivity index (χ0) is 9.80. The van der Waals surface area contributed by atoms with Crippen LogP contribution in [0, 0.1) is 12.3 Å². The van der Waals surface area contributed by atoms with Gasteiger partial charge in [-0.1, -0.05) is 18.1 Å². The van der Waals surface area contributed by atoms with Crippen LogP contribution in [0.2, 0.25) is 0 Å². The number of terminal acetylenes is 1. The summed E-state index contributed by atoms with van der Waals surface area (Å²) in [4.78, 5) is 2.18. The van der Waals surface area contributed by atoms with E-state index in [1.165, 1.54) is 0 Å². The molecular weight excluding hydrogens is 174 g/mol. The topological polar surface area (TPSA) is 12.5 Å². The molecule has 0 aromatic heterocycles. The predicted octanol–water partition coefficient (Wildman–Crippen LogP) is 1.91. The van der Waals surface area contributed by atoms with E-state index < -0.39 is 0 Å². The van der Waals surface area contributed by atoms with Crippen LogP contribution in [-0.4, -0.2) is 19.7 Å². The van der Waals surface area contributed by atoms with E-state index >= 15 is 0 Å². The number of hydrogen-bond donors (Lipinski definition) is 0. The van der Waals surface area contributed by atoms with E-state index in [1.54, 1.807) is 0 Å². The maximum absolute atomic E-state index is 5.61. The van der Waals surface area contributed by atoms with E-state index in [4.69, 9.17) is 11.2 Å². The first-order chi connectivity index (χ1) is 6.92. The molecule has 0 saturated carbocycles. The Morgan fingerprint density at radius 2 is 2.29 bits per heavy atom. The second-order valence-electron chi connectivity index (χ2n) is 3.30. The molecule has 0 fully saturated rings. The first-order valence-corrected chi connectivity index (χ1v) is 4.82. The number of anilines is 1. The Kier molecular flexibility index (Phi) is 2.60. The van der Waals surface area contributed by atoms with Crippen LogP contribution in [0.3, 0.4) is 0 Å². The van der Waals surface area contributed by atoms with Gasteiger partial charge in [0.15, 0.2) is 0 Å². The van der Waals surface area contributed by atoms with Crippen LogP contribution in [0.4, 0.5) is 5.69 Å². The van der Waals surface area contributed by atoms with E-state index in [9.17, 15) is 0 Å². The van der Waals surface area contributed by atoms with Gasteiger partial charge in [-0.3, -0.25) is 0 Å². The van der Waals surface area contributed by atoms with Gasteiger partial charge < -0.3 is 9.64 Å². The van der Waals surface area contributed by atoms with Gasteiger partial charge in [0.25, 0.3) is 0 Å². The summed E-state index contributed by atoms with van der Waals surface area (Å²) >= 11 is 0. The highest BCUT2D eigenvalue weighted by Gasteiger charge is 2.13. The van der Waals surface area contributed by atoms with Crippen LogP contribution in [0.1, 0.15) is 6.42 Å². The lowest BCUT2D eigenvalue weighted by molar-refractivity contribution is 0.322. The van der Waals surface area contributed by atoms with Crippen molar-refractivity contribution in [3.63, 3.8) is 0 Å². The molecule has 0 spiro atoms. The van der Waals surface area contributed by atoms with E-state index in [2.05, 4.69) is 16.9 Å². The SMILES string of the molecule is C#CCN1CCCOc2ccccc21. The smallest absolute Gasteiger partial charge is 0.142 e. The highest BCUT2D eigenvalue weighted by molar-refractivity contribution is 5.59. The molecule has 2 rings (SSSR count). The number of nitrogens with zero attached hydrogens (tertiary/aromatic N) is 1. The van der Waals surface area contributed by atoms with Gasteiger partial charge in [-0.2, -0.15) is 0 Å². The Bertz CT molecular complexity index is 354. The van der Waals surface area contributed by atoms with E-state index in [0.29, 0.717) is 6.54 Å². The Morgan fingerprint density at radius 1 is 1.43 bits per heavy atom. The van der Waals surface area contributed by atoms with Gasteiger partial charge in [0.2, 0.25) is 0 Å². The van der Waals surface area contributed by atoms with E-state index in [-0.39, 0.29) is 0 Å². The number of benzene rings is 1. The summed E-state index contributed by atoms with van der Waals surface area (Å²) in [5.41, 5.74) is 1.11. The molecule has 0 N–H and O–H groups in total. The van der Waals surface area contributed by atoms with E-state index in [0.717, 1.165) is 31.0 Å². The summed E-state index contributed by atoms with van der Waals surface area (Å²) < 4.78 is 5.61. The molecule has 72 valence electrons. The van der Waals surface area contributed by atoms with E-state index in [1.807, 2.05) is 18.2 Å².